The Bertz CT molecular complexity index is 867. The van der Waals surface area contributed by atoms with Gasteiger partial charge in [-0.25, -0.2) is 15.0 Å². The van der Waals surface area contributed by atoms with Crippen LogP contribution in [0.1, 0.15) is 43.4 Å². The first kappa shape index (κ1) is 22.9. The summed E-state index contributed by atoms with van der Waals surface area (Å²) in [6.45, 7) is 8.17. The van der Waals surface area contributed by atoms with Gasteiger partial charge in [-0.1, -0.05) is 25.1 Å². The molecule has 0 aliphatic carbocycles. The van der Waals surface area contributed by atoms with Crippen LogP contribution in [0.4, 0.5) is 0 Å². The number of nitrogens with zero attached hydrogens (tertiary/aromatic N) is 5. The van der Waals surface area contributed by atoms with Crippen LogP contribution in [0.15, 0.2) is 46.6 Å². The predicted octanol–water partition coefficient (Wildman–Crippen LogP) is 3.25. The van der Waals surface area contributed by atoms with E-state index in [9.17, 15) is 0 Å². The number of rotatable bonds is 8. The number of nitrogens with one attached hydrogen (secondary N) is 2. The normalized spacial score (nSPS) is 11.2. The summed E-state index contributed by atoms with van der Waals surface area (Å²) < 4.78 is 7.30. The summed E-state index contributed by atoms with van der Waals surface area (Å²) in [6.07, 6.45) is 8.85. The Morgan fingerprint density at radius 3 is 2.66 bits per heavy atom. The van der Waals surface area contributed by atoms with Crippen molar-refractivity contribution in [2.75, 3.05) is 6.54 Å². The molecular weight excluding hydrogens is 481 g/mol. The molecule has 0 amide bonds. The summed E-state index contributed by atoms with van der Waals surface area (Å²) in [5, 5.41) is 10.8. The minimum absolute atomic E-state index is 0. The highest BCUT2D eigenvalue weighted by Crippen LogP contribution is 2.15. The quantitative estimate of drug-likeness (QED) is 0.275. The molecule has 3 heterocycles. The average Bonchev–Trinajstić information content (AvgIpc) is 3.40. The highest BCUT2D eigenvalue weighted by molar-refractivity contribution is 14.0. The number of aryl methyl sites for hydroxylation is 2. The molecule has 0 bridgehead atoms. The van der Waals surface area contributed by atoms with Gasteiger partial charge in [-0.3, -0.25) is 4.57 Å². The monoisotopic (exact) mass is 509 g/mol. The first-order chi connectivity index (χ1) is 13.7. The van der Waals surface area contributed by atoms with E-state index in [1.165, 1.54) is 0 Å². The molecule has 0 saturated heterocycles. The third kappa shape index (κ3) is 6.02. The van der Waals surface area contributed by atoms with Crippen LogP contribution >= 0.6 is 24.0 Å². The fourth-order valence-electron chi connectivity index (χ4n) is 2.88. The second kappa shape index (κ2) is 11.5. The molecule has 29 heavy (non-hydrogen) atoms. The van der Waals surface area contributed by atoms with Gasteiger partial charge in [-0.05, 0) is 25.0 Å². The Hall–Kier alpha value is -2.43. The van der Waals surface area contributed by atoms with E-state index in [1.54, 1.807) is 12.5 Å². The van der Waals surface area contributed by atoms with Crippen molar-refractivity contribution in [3.05, 3.63) is 59.6 Å². The smallest absolute Gasteiger partial charge is 0.191 e. The number of imidazole rings is 1. The number of pyridine rings is 1. The largest absolute Gasteiger partial charge is 0.361 e. The zero-order valence-corrected chi connectivity index (χ0v) is 19.4. The SMILES string of the molecule is CCNC(=NCc1ccc(-n2ccnc2)nc1)NCc1c(CC)noc1CC.I. The van der Waals surface area contributed by atoms with Crippen molar-refractivity contribution in [2.24, 2.45) is 4.99 Å². The lowest BCUT2D eigenvalue weighted by atomic mass is 10.1. The molecule has 3 aromatic heterocycles. The molecule has 0 aromatic carbocycles. The van der Waals surface area contributed by atoms with E-state index < -0.39 is 0 Å². The summed E-state index contributed by atoms with van der Waals surface area (Å²) in [6, 6.07) is 3.99. The van der Waals surface area contributed by atoms with Crippen molar-refractivity contribution in [3.63, 3.8) is 0 Å². The molecule has 0 spiro atoms. The van der Waals surface area contributed by atoms with Gasteiger partial charge in [0.15, 0.2) is 5.96 Å². The topological polar surface area (TPSA) is 93.2 Å². The van der Waals surface area contributed by atoms with Gasteiger partial charge in [0, 0.05) is 43.7 Å². The molecule has 9 heteroatoms. The van der Waals surface area contributed by atoms with E-state index in [1.807, 2.05) is 36.0 Å². The van der Waals surface area contributed by atoms with E-state index in [4.69, 9.17) is 4.52 Å². The molecule has 0 aliphatic rings. The first-order valence-corrected chi connectivity index (χ1v) is 9.66. The number of guanidine groups is 1. The van der Waals surface area contributed by atoms with Gasteiger partial charge in [0.05, 0.1) is 12.2 Å². The molecule has 0 fully saturated rings. The summed E-state index contributed by atoms with van der Waals surface area (Å²) in [7, 11) is 0. The molecule has 2 N–H and O–H groups in total. The standard InChI is InChI=1S/C20H27N7O.HI/c1-4-17-16(18(5-2)28-26-17)13-25-20(22-6-3)24-12-15-7-8-19(23-11-15)27-10-9-21-14-27;/h7-11,14H,4-6,12-13H2,1-3H3,(H2,22,24,25);1H. The van der Waals surface area contributed by atoms with Crippen molar-refractivity contribution in [3.8, 4) is 5.82 Å². The summed E-state index contributed by atoms with van der Waals surface area (Å²) in [5.41, 5.74) is 3.16. The predicted molar refractivity (Wildman–Crippen MR) is 124 cm³/mol. The Balaban J connectivity index is 0.00000300. The zero-order chi connectivity index (χ0) is 19.8. The fourth-order valence-corrected chi connectivity index (χ4v) is 2.88. The minimum atomic E-state index is 0. The van der Waals surface area contributed by atoms with E-state index in [0.29, 0.717) is 13.1 Å². The van der Waals surface area contributed by atoms with Gasteiger partial charge in [0.2, 0.25) is 0 Å². The van der Waals surface area contributed by atoms with Crippen molar-refractivity contribution in [2.45, 2.75) is 46.7 Å². The van der Waals surface area contributed by atoms with Gasteiger partial charge >= 0.3 is 0 Å². The van der Waals surface area contributed by atoms with Crippen LogP contribution in [0, 0.1) is 0 Å². The molecular formula is C20H28IN7O. The molecule has 8 nitrogen and oxygen atoms in total. The Morgan fingerprint density at radius 2 is 2.03 bits per heavy atom. The van der Waals surface area contributed by atoms with E-state index in [-0.39, 0.29) is 24.0 Å². The third-order valence-electron chi connectivity index (χ3n) is 4.38. The lowest BCUT2D eigenvalue weighted by molar-refractivity contribution is 0.380. The van der Waals surface area contributed by atoms with Gasteiger partial charge in [0.25, 0.3) is 0 Å². The van der Waals surface area contributed by atoms with Gasteiger partial charge < -0.3 is 15.2 Å². The van der Waals surface area contributed by atoms with Crippen molar-refractivity contribution >= 4 is 29.9 Å². The highest BCUT2D eigenvalue weighted by Gasteiger charge is 2.13. The van der Waals surface area contributed by atoms with Crippen molar-refractivity contribution in [1.29, 1.82) is 0 Å². The molecule has 3 aromatic rings. The van der Waals surface area contributed by atoms with Gasteiger partial charge in [-0.2, -0.15) is 0 Å². The summed E-state index contributed by atoms with van der Waals surface area (Å²) in [5.74, 6) is 2.52. The second-order valence-corrected chi connectivity index (χ2v) is 6.28. The third-order valence-corrected chi connectivity index (χ3v) is 4.38. The van der Waals surface area contributed by atoms with Crippen LogP contribution in [0.3, 0.4) is 0 Å². The van der Waals surface area contributed by atoms with Crippen LogP contribution in [0.2, 0.25) is 0 Å². The Kier molecular flexibility index (Phi) is 9.10. The van der Waals surface area contributed by atoms with Crippen LogP contribution in [-0.4, -0.2) is 32.2 Å². The Labute approximate surface area is 188 Å². The van der Waals surface area contributed by atoms with E-state index in [0.717, 1.165) is 53.7 Å². The fraction of sp³-hybridized carbons (Fsp3) is 0.400. The van der Waals surface area contributed by atoms with Gasteiger partial charge in [-0.15, -0.1) is 24.0 Å². The molecule has 0 radical (unpaired) electrons. The van der Waals surface area contributed by atoms with Crippen LogP contribution < -0.4 is 10.6 Å². The van der Waals surface area contributed by atoms with Crippen LogP contribution in [0.5, 0.6) is 0 Å². The summed E-state index contributed by atoms with van der Waals surface area (Å²) >= 11 is 0. The molecule has 0 atom stereocenters. The number of hydrogen-bond donors (Lipinski definition) is 2. The lowest BCUT2D eigenvalue weighted by Crippen LogP contribution is -2.37. The highest BCUT2D eigenvalue weighted by atomic mass is 127. The Morgan fingerprint density at radius 1 is 1.17 bits per heavy atom. The van der Waals surface area contributed by atoms with Crippen molar-refractivity contribution in [1.82, 2.24) is 30.3 Å². The zero-order valence-electron chi connectivity index (χ0n) is 17.1. The maximum absolute atomic E-state index is 5.43. The van der Waals surface area contributed by atoms with E-state index in [2.05, 4.69) is 44.6 Å². The minimum Gasteiger partial charge on any atom is -0.361 e. The molecule has 156 valence electrons. The first-order valence-electron chi connectivity index (χ1n) is 9.66. The van der Waals surface area contributed by atoms with E-state index >= 15 is 0 Å². The number of aliphatic imine (C=N–C) groups is 1. The second-order valence-electron chi connectivity index (χ2n) is 6.28. The number of aromatic nitrogens is 4. The molecule has 0 aliphatic heterocycles. The average molecular weight is 509 g/mol. The van der Waals surface area contributed by atoms with Crippen LogP contribution in [-0.2, 0) is 25.9 Å². The van der Waals surface area contributed by atoms with Crippen molar-refractivity contribution < 1.29 is 4.52 Å². The molecule has 0 saturated carbocycles. The molecule has 0 unspecified atom stereocenters. The number of hydrogen-bond acceptors (Lipinski definition) is 5. The van der Waals surface area contributed by atoms with Gasteiger partial charge in [0.1, 0.15) is 17.9 Å². The lowest BCUT2D eigenvalue weighted by Gasteiger charge is -2.12. The summed E-state index contributed by atoms with van der Waals surface area (Å²) in [4.78, 5) is 13.2. The maximum Gasteiger partial charge on any atom is 0.191 e. The number of halogens is 1. The molecule has 3 rings (SSSR count). The van der Waals surface area contributed by atoms with Crippen LogP contribution in [0.25, 0.3) is 5.82 Å². The maximum atomic E-state index is 5.43.